The molecule has 3 rings (SSSR count). The molecule has 2 fully saturated rings. The molecular weight excluding hydrogens is 889 g/mol. The lowest BCUT2D eigenvalue weighted by Crippen LogP contribution is -2.59. The quantitative estimate of drug-likeness (QED) is 0.0682. The number of aliphatic hydroxyl groups excluding tert-OH is 4. The van der Waals surface area contributed by atoms with E-state index < -0.39 is 57.4 Å². The van der Waals surface area contributed by atoms with E-state index in [1.54, 1.807) is 12.1 Å². The summed E-state index contributed by atoms with van der Waals surface area (Å²) in [5.74, 6) is -0.0218. The summed E-state index contributed by atoms with van der Waals surface area (Å²) in [5.41, 5.74) is -0.152. The summed E-state index contributed by atoms with van der Waals surface area (Å²) in [6.45, 7) is 21.1. The monoisotopic (exact) mass is 975 g/mol. The van der Waals surface area contributed by atoms with E-state index in [9.17, 15) is 38.4 Å². The van der Waals surface area contributed by atoms with E-state index in [1.165, 1.54) is 0 Å². The van der Waals surface area contributed by atoms with Crippen LogP contribution >= 0.6 is 10.8 Å². The van der Waals surface area contributed by atoms with E-state index in [2.05, 4.69) is 19.6 Å². The van der Waals surface area contributed by atoms with Crippen molar-refractivity contribution in [1.82, 2.24) is 19.6 Å². The number of carbonyl (C=O) groups is 2. The molecule has 0 aromatic heterocycles. The predicted octanol–water partition coefficient (Wildman–Crippen LogP) is 4.43. The molecule has 2 heterocycles. The highest BCUT2D eigenvalue weighted by Crippen LogP contribution is 2.25. The summed E-state index contributed by atoms with van der Waals surface area (Å²) in [7, 11) is -2.48. The molecule has 5 atom stereocenters. The number of benzene rings is 1. The largest absolute Gasteiger partial charge is 0.459 e. The molecule has 0 saturated carbocycles. The lowest BCUT2D eigenvalue weighted by Gasteiger charge is -2.39. The van der Waals surface area contributed by atoms with Crippen molar-refractivity contribution in [1.29, 1.82) is 0 Å². The minimum atomic E-state index is -3.46. The van der Waals surface area contributed by atoms with Gasteiger partial charge in [0.2, 0.25) is 8.87 Å². The second-order valence-electron chi connectivity index (χ2n) is 20.0. The highest BCUT2D eigenvalue weighted by molar-refractivity contribution is 8.72. The molecule has 0 bridgehead atoms. The Labute approximate surface area is 400 Å². The third-order valence-electron chi connectivity index (χ3n) is 11.6. The number of aliphatic hydroxyl groups is 4. The van der Waals surface area contributed by atoms with E-state index in [0.717, 1.165) is 113 Å². The molecule has 16 nitrogen and oxygen atoms in total. The fraction of sp³-hybridized carbons (Fsp3) is 0.833. The van der Waals surface area contributed by atoms with Crippen molar-refractivity contribution in [3.8, 4) is 0 Å². The zero-order chi connectivity index (χ0) is 48.8. The molecule has 4 N–H and O–H groups in total. The van der Waals surface area contributed by atoms with Gasteiger partial charge in [-0.1, -0.05) is 56.2 Å². The zero-order valence-corrected chi connectivity index (χ0v) is 42.9. The maximum absolute atomic E-state index is 13.1. The summed E-state index contributed by atoms with van der Waals surface area (Å²) in [4.78, 5) is 35.8. The fourth-order valence-electron chi connectivity index (χ4n) is 8.06. The van der Waals surface area contributed by atoms with E-state index in [-0.39, 0.29) is 25.0 Å². The number of aryl methyl sites for hydroxylation is 1. The van der Waals surface area contributed by atoms with Crippen LogP contribution in [0, 0.1) is 6.92 Å². The van der Waals surface area contributed by atoms with Gasteiger partial charge in [-0.3, -0.25) is 19.4 Å². The Morgan fingerprint density at radius 3 is 1.61 bits per heavy atom. The van der Waals surface area contributed by atoms with Crippen molar-refractivity contribution in [2.45, 2.75) is 166 Å². The maximum atomic E-state index is 13.1. The highest BCUT2D eigenvalue weighted by atomic mass is 33.1. The summed E-state index contributed by atoms with van der Waals surface area (Å²) in [5, 5.41) is 39.5. The van der Waals surface area contributed by atoms with Crippen molar-refractivity contribution in [3.05, 3.63) is 29.8 Å². The van der Waals surface area contributed by atoms with Gasteiger partial charge in [0.05, 0.1) is 24.6 Å². The van der Waals surface area contributed by atoms with Crippen molar-refractivity contribution in [3.63, 3.8) is 0 Å². The van der Waals surface area contributed by atoms with E-state index in [0.29, 0.717) is 56.4 Å². The molecule has 66 heavy (non-hydrogen) atoms. The fourth-order valence-corrected chi connectivity index (χ4v) is 10.9. The highest BCUT2D eigenvalue weighted by Gasteiger charge is 2.44. The Kier molecular flexibility index (Phi) is 26.5. The third kappa shape index (κ3) is 24.1. The summed E-state index contributed by atoms with van der Waals surface area (Å²) in [6.07, 6.45) is 4.36. The SMILES string of the molecule is Cc1ccc(S(=O)(=O)SCCCN2CCCN(CC(=O)OC(C)(C)C)CCN(CCCCCCCCCCO[C@@H]3OC(CO)[C@@H](O)C(O)C3O)CCCN(CC(=O)OC(C)(C)C)CC2)cc1. The van der Waals surface area contributed by atoms with Gasteiger partial charge in [-0.2, -0.15) is 0 Å². The number of unbranched alkanes of at least 4 members (excludes halogenated alkanes) is 7. The van der Waals surface area contributed by atoms with Gasteiger partial charge in [0.25, 0.3) is 0 Å². The Morgan fingerprint density at radius 2 is 1.11 bits per heavy atom. The Balaban J connectivity index is 1.54. The van der Waals surface area contributed by atoms with Gasteiger partial charge in [0.15, 0.2) is 6.29 Å². The second kappa shape index (κ2) is 29.9. The first-order valence-corrected chi connectivity index (χ1v) is 27.4. The normalized spacial score (nSPS) is 23.3. The topological polar surface area (TPSA) is 199 Å². The number of hydrogen-bond acceptors (Lipinski definition) is 17. The number of esters is 2. The van der Waals surface area contributed by atoms with Crippen LogP contribution in [0.3, 0.4) is 0 Å². The maximum Gasteiger partial charge on any atom is 0.320 e. The van der Waals surface area contributed by atoms with E-state index >= 15 is 0 Å². The minimum Gasteiger partial charge on any atom is -0.459 e. The van der Waals surface area contributed by atoms with Gasteiger partial charge in [-0.15, -0.1) is 0 Å². The van der Waals surface area contributed by atoms with Gasteiger partial charge in [-0.05, 0) is 130 Å². The molecule has 2 saturated heterocycles. The molecule has 1 aromatic rings. The first-order chi connectivity index (χ1) is 31.2. The minimum absolute atomic E-state index is 0.199. The lowest BCUT2D eigenvalue weighted by molar-refractivity contribution is -0.301. The van der Waals surface area contributed by atoms with Crippen LogP contribution in [0.5, 0.6) is 0 Å². The number of nitrogens with zero attached hydrogens (tertiary/aromatic N) is 4. The molecule has 1 aromatic carbocycles. The van der Waals surface area contributed by atoms with Crippen LogP contribution < -0.4 is 0 Å². The predicted molar refractivity (Wildman–Crippen MR) is 259 cm³/mol. The average Bonchev–Trinajstić information content (AvgIpc) is 3.22. The van der Waals surface area contributed by atoms with Crippen LogP contribution in [0.25, 0.3) is 0 Å². The lowest BCUT2D eigenvalue weighted by atomic mass is 9.99. The number of hydrogen-bond donors (Lipinski definition) is 4. The van der Waals surface area contributed by atoms with Gasteiger partial charge in [0.1, 0.15) is 35.6 Å². The van der Waals surface area contributed by atoms with Crippen LogP contribution in [-0.4, -0.2) is 200 Å². The zero-order valence-electron chi connectivity index (χ0n) is 41.2. The number of ether oxygens (including phenoxy) is 4. The van der Waals surface area contributed by atoms with Crippen LogP contribution in [0.15, 0.2) is 29.2 Å². The van der Waals surface area contributed by atoms with Gasteiger partial charge in [0, 0.05) is 51.6 Å². The molecule has 2 aliphatic rings. The van der Waals surface area contributed by atoms with Crippen LogP contribution in [0.2, 0.25) is 0 Å². The Bertz CT molecular complexity index is 1630. The molecule has 3 unspecified atom stereocenters. The van der Waals surface area contributed by atoms with Crippen LogP contribution in [0.1, 0.15) is 118 Å². The Hall–Kier alpha value is -1.94. The summed E-state index contributed by atoms with van der Waals surface area (Å²) < 4.78 is 48.6. The molecule has 0 aliphatic carbocycles. The van der Waals surface area contributed by atoms with Crippen LogP contribution in [0.4, 0.5) is 0 Å². The van der Waals surface area contributed by atoms with Crippen molar-refractivity contribution in [2.24, 2.45) is 0 Å². The molecular formula is C48H86N4O12S2. The molecule has 0 spiro atoms. The molecule has 0 amide bonds. The Morgan fingerprint density at radius 1 is 0.652 bits per heavy atom. The van der Waals surface area contributed by atoms with Gasteiger partial charge in [-0.25, -0.2) is 8.42 Å². The van der Waals surface area contributed by atoms with Gasteiger partial charge >= 0.3 is 11.9 Å². The second-order valence-corrected chi connectivity index (χ2v) is 24.0. The molecule has 2 aliphatic heterocycles. The smallest absolute Gasteiger partial charge is 0.320 e. The molecule has 0 radical (unpaired) electrons. The first-order valence-electron chi connectivity index (χ1n) is 24.4. The van der Waals surface area contributed by atoms with Crippen molar-refractivity contribution < 1.29 is 57.4 Å². The van der Waals surface area contributed by atoms with Crippen LogP contribution in [-0.2, 0) is 37.4 Å². The van der Waals surface area contributed by atoms with E-state index in [4.69, 9.17) is 18.9 Å². The number of rotatable bonds is 23. The van der Waals surface area contributed by atoms with E-state index in [1.807, 2.05) is 60.6 Å². The number of carbonyl (C=O) groups excluding carboxylic acids is 2. The summed E-state index contributed by atoms with van der Waals surface area (Å²) >= 11 is 0. The first kappa shape index (κ1) is 58.4. The van der Waals surface area contributed by atoms with Crippen molar-refractivity contribution in [2.75, 3.05) is 97.5 Å². The average molecular weight is 975 g/mol. The van der Waals surface area contributed by atoms with Gasteiger partial charge < -0.3 is 49.2 Å². The summed E-state index contributed by atoms with van der Waals surface area (Å²) in [6, 6.07) is 6.96. The molecule has 382 valence electrons. The standard InChI is InChI=1S/C48H86N4O12S2/c1-38-19-21-39(22-20-38)66(59,60)65-34-18-28-50-25-17-27-51(35-41(54)63-47(2,3)4)31-29-49(24-16-26-52(32-30-50)36-42(55)64-48(5,6)7)23-14-12-10-8-9-11-13-15-33-61-46-45(58)44(57)43(56)40(37-53)62-46/h19-22,40,43-46,53,56-58H,8-18,23-37H2,1-7H3/t40?,43-,44?,45?,46-/m1/s1. The molecule has 18 heteroatoms. The third-order valence-corrected chi connectivity index (χ3v) is 15.2. The van der Waals surface area contributed by atoms with Crippen molar-refractivity contribution >= 4 is 31.6 Å².